The van der Waals surface area contributed by atoms with Gasteiger partial charge < -0.3 is 5.32 Å². The van der Waals surface area contributed by atoms with Gasteiger partial charge in [0.05, 0.1) is 4.90 Å². The Hall–Kier alpha value is -2.52. The third-order valence-corrected chi connectivity index (χ3v) is 8.55. The van der Waals surface area contributed by atoms with Gasteiger partial charge in [-0.3, -0.25) is 9.69 Å². The predicted molar refractivity (Wildman–Crippen MR) is 136 cm³/mol. The van der Waals surface area contributed by atoms with E-state index in [0.717, 1.165) is 43.6 Å². The Balaban J connectivity index is 1.31. The third kappa shape index (κ3) is 6.54. The Kier molecular flexibility index (Phi) is 8.15. The normalized spacial score (nSPS) is 15.3. The molecule has 1 aliphatic heterocycles. The molecule has 34 heavy (non-hydrogen) atoms. The smallest absolute Gasteiger partial charge is 0.251 e. The SMILES string of the molecule is Cc1ccc(S(=O)(=O)NCc2ccccc2)cc1C(=O)NCC1CCN(Cc2cccs2)CC1. The second kappa shape index (κ2) is 11.3. The molecule has 1 aliphatic rings. The highest BCUT2D eigenvalue weighted by Gasteiger charge is 2.22. The van der Waals surface area contributed by atoms with Crippen LogP contribution >= 0.6 is 11.3 Å². The number of carbonyl (C=O) groups excluding carboxylic acids is 1. The maximum absolute atomic E-state index is 12.9. The first-order valence-corrected chi connectivity index (χ1v) is 13.9. The number of hydrogen-bond donors (Lipinski definition) is 2. The fraction of sp³-hybridized carbons (Fsp3) is 0.346. The highest BCUT2D eigenvalue weighted by atomic mass is 32.2. The van der Waals surface area contributed by atoms with E-state index in [0.29, 0.717) is 18.0 Å². The summed E-state index contributed by atoms with van der Waals surface area (Å²) in [6.07, 6.45) is 2.09. The van der Waals surface area contributed by atoms with E-state index in [9.17, 15) is 13.2 Å². The summed E-state index contributed by atoms with van der Waals surface area (Å²) in [6, 6.07) is 18.3. The zero-order valence-electron chi connectivity index (χ0n) is 19.4. The summed E-state index contributed by atoms with van der Waals surface area (Å²) in [4.78, 5) is 16.9. The van der Waals surface area contributed by atoms with E-state index < -0.39 is 10.0 Å². The molecule has 4 rings (SSSR count). The maximum Gasteiger partial charge on any atom is 0.251 e. The van der Waals surface area contributed by atoms with Crippen molar-refractivity contribution in [1.82, 2.24) is 14.9 Å². The standard InChI is InChI=1S/C26H31N3O3S2/c1-20-9-10-24(34(31,32)28-18-21-6-3-2-4-7-21)16-25(20)26(30)27-17-22-11-13-29(14-12-22)19-23-8-5-15-33-23/h2-10,15-16,22,28H,11-14,17-19H2,1H3,(H,27,30). The van der Waals surface area contributed by atoms with Gasteiger partial charge in [-0.15, -0.1) is 11.3 Å². The van der Waals surface area contributed by atoms with Crippen LogP contribution in [0.3, 0.4) is 0 Å². The van der Waals surface area contributed by atoms with Gasteiger partial charge in [-0.1, -0.05) is 42.5 Å². The lowest BCUT2D eigenvalue weighted by Gasteiger charge is -2.31. The summed E-state index contributed by atoms with van der Waals surface area (Å²) in [6.45, 7) is 5.68. The van der Waals surface area contributed by atoms with Crippen LogP contribution in [-0.2, 0) is 23.1 Å². The van der Waals surface area contributed by atoms with Crippen LogP contribution in [0.25, 0.3) is 0 Å². The van der Waals surface area contributed by atoms with Gasteiger partial charge in [-0.05, 0) is 73.5 Å². The van der Waals surface area contributed by atoms with Crippen molar-refractivity contribution in [2.75, 3.05) is 19.6 Å². The van der Waals surface area contributed by atoms with Crippen molar-refractivity contribution < 1.29 is 13.2 Å². The molecule has 6 nitrogen and oxygen atoms in total. The molecule has 2 aromatic carbocycles. The summed E-state index contributed by atoms with van der Waals surface area (Å²) in [5, 5.41) is 5.15. The first-order chi connectivity index (χ1) is 16.4. The average molecular weight is 498 g/mol. The summed E-state index contributed by atoms with van der Waals surface area (Å²) in [5.41, 5.74) is 2.03. The molecule has 3 aromatic rings. The van der Waals surface area contributed by atoms with Crippen molar-refractivity contribution in [3.8, 4) is 0 Å². The van der Waals surface area contributed by atoms with Crippen LogP contribution in [-0.4, -0.2) is 38.9 Å². The summed E-state index contributed by atoms with van der Waals surface area (Å²) in [5.74, 6) is 0.210. The number of nitrogens with one attached hydrogen (secondary N) is 2. The molecule has 1 fully saturated rings. The molecule has 1 amide bonds. The van der Waals surface area contributed by atoms with Crippen LogP contribution in [0.5, 0.6) is 0 Å². The maximum atomic E-state index is 12.9. The number of hydrogen-bond acceptors (Lipinski definition) is 5. The van der Waals surface area contributed by atoms with Crippen molar-refractivity contribution in [1.29, 1.82) is 0 Å². The summed E-state index contributed by atoms with van der Waals surface area (Å²) in [7, 11) is -3.73. The molecule has 0 unspecified atom stereocenters. The number of piperidine rings is 1. The molecule has 1 saturated heterocycles. The molecule has 8 heteroatoms. The van der Waals surface area contributed by atoms with Gasteiger partial charge in [-0.2, -0.15) is 0 Å². The lowest BCUT2D eigenvalue weighted by atomic mass is 9.96. The number of amides is 1. The van der Waals surface area contributed by atoms with Crippen LogP contribution in [0.2, 0.25) is 0 Å². The largest absolute Gasteiger partial charge is 0.352 e. The van der Waals surface area contributed by atoms with E-state index in [-0.39, 0.29) is 17.3 Å². The van der Waals surface area contributed by atoms with Crippen LogP contribution < -0.4 is 10.0 Å². The van der Waals surface area contributed by atoms with Crippen LogP contribution in [0.4, 0.5) is 0 Å². The minimum absolute atomic E-state index is 0.0982. The van der Waals surface area contributed by atoms with Crippen LogP contribution in [0, 0.1) is 12.8 Å². The quantitative estimate of drug-likeness (QED) is 0.465. The molecule has 1 aromatic heterocycles. The number of likely N-dealkylation sites (tertiary alicyclic amines) is 1. The van der Waals surface area contributed by atoms with Gasteiger partial charge in [0.2, 0.25) is 10.0 Å². The van der Waals surface area contributed by atoms with Gasteiger partial charge in [-0.25, -0.2) is 13.1 Å². The van der Waals surface area contributed by atoms with Crippen LogP contribution in [0.1, 0.15) is 39.2 Å². The van der Waals surface area contributed by atoms with Crippen molar-refractivity contribution >= 4 is 27.3 Å². The van der Waals surface area contributed by atoms with Gasteiger partial charge in [0, 0.05) is 30.1 Å². The molecule has 0 bridgehead atoms. The van der Waals surface area contributed by atoms with Crippen molar-refractivity contribution in [2.45, 2.75) is 37.8 Å². The number of thiophene rings is 1. The molecular weight excluding hydrogens is 466 g/mol. The fourth-order valence-electron chi connectivity index (χ4n) is 4.17. The molecule has 180 valence electrons. The molecule has 2 heterocycles. The number of rotatable bonds is 9. The van der Waals surface area contributed by atoms with Crippen molar-refractivity contribution in [2.24, 2.45) is 5.92 Å². The number of aryl methyl sites for hydroxylation is 1. The van der Waals surface area contributed by atoms with E-state index >= 15 is 0 Å². The monoisotopic (exact) mass is 497 g/mol. The summed E-state index contributed by atoms with van der Waals surface area (Å²) >= 11 is 1.79. The van der Waals surface area contributed by atoms with Gasteiger partial charge >= 0.3 is 0 Å². The molecule has 0 spiro atoms. The highest BCUT2D eigenvalue weighted by Crippen LogP contribution is 2.21. The number of carbonyl (C=O) groups is 1. The molecule has 0 saturated carbocycles. The molecule has 2 N–H and O–H groups in total. The highest BCUT2D eigenvalue weighted by molar-refractivity contribution is 7.89. The van der Waals surface area contributed by atoms with Gasteiger partial charge in [0.1, 0.15) is 0 Å². The molecule has 0 radical (unpaired) electrons. The van der Waals surface area contributed by atoms with E-state index in [1.54, 1.807) is 23.5 Å². The fourth-order valence-corrected chi connectivity index (χ4v) is 5.96. The van der Waals surface area contributed by atoms with E-state index in [1.807, 2.05) is 37.3 Å². The van der Waals surface area contributed by atoms with Gasteiger partial charge in [0.25, 0.3) is 5.91 Å². The Labute approximate surface area is 206 Å². The average Bonchev–Trinajstić information content (AvgIpc) is 3.36. The molecule has 0 atom stereocenters. The minimum Gasteiger partial charge on any atom is -0.352 e. The number of nitrogens with zero attached hydrogens (tertiary/aromatic N) is 1. The first-order valence-electron chi connectivity index (χ1n) is 11.6. The molecular formula is C26H31N3O3S2. The third-order valence-electron chi connectivity index (χ3n) is 6.29. The second-order valence-corrected chi connectivity index (χ2v) is 11.6. The minimum atomic E-state index is -3.73. The van der Waals surface area contributed by atoms with Gasteiger partial charge in [0.15, 0.2) is 0 Å². The first kappa shape index (κ1) is 24.6. The Bertz CT molecular complexity index is 1190. The Morgan fingerprint density at radius 1 is 1.06 bits per heavy atom. The zero-order valence-corrected chi connectivity index (χ0v) is 21.0. The lowest BCUT2D eigenvalue weighted by Crippen LogP contribution is -2.38. The summed E-state index contributed by atoms with van der Waals surface area (Å²) < 4.78 is 28.2. The second-order valence-electron chi connectivity index (χ2n) is 8.80. The Morgan fingerprint density at radius 2 is 1.82 bits per heavy atom. The van der Waals surface area contributed by atoms with Crippen LogP contribution in [0.15, 0.2) is 70.9 Å². The van der Waals surface area contributed by atoms with E-state index in [1.165, 1.54) is 10.9 Å². The predicted octanol–water partition coefficient (Wildman–Crippen LogP) is 4.18. The zero-order chi connectivity index (χ0) is 24.0. The van der Waals surface area contributed by atoms with Crippen molar-refractivity contribution in [3.05, 3.63) is 87.6 Å². The van der Waals surface area contributed by atoms with E-state index in [2.05, 4.69) is 32.5 Å². The number of benzene rings is 2. The number of sulfonamides is 1. The Morgan fingerprint density at radius 3 is 2.53 bits per heavy atom. The lowest BCUT2D eigenvalue weighted by molar-refractivity contribution is 0.0934. The van der Waals surface area contributed by atoms with E-state index in [4.69, 9.17) is 0 Å². The molecule has 0 aliphatic carbocycles. The topological polar surface area (TPSA) is 78.5 Å². The van der Waals surface area contributed by atoms with Crippen molar-refractivity contribution in [3.63, 3.8) is 0 Å².